The van der Waals surface area contributed by atoms with Crippen LogP contribution in [0.3, 0.4) is 0 Å². The first-order valence-electron chi connectivity index (χ1n) is 6.47. The van der Waals surface area contributed by atoms with Crippen LogP contribution >= 0.6 is 11.3 Å². The zero-order chi connectivity index (χ0) is 13.5. The number of rotatable bonds is 7. The molecule has 1 rings (SSSR count). The fourth-order valence-corrected chi connectivity index (χ4v) is 2.53. The molecule has 1 N–H and O–H groups in total. The summed E-state index contributed by atoms with van der Waals surface area (Å²) in [4.78, 5) is 17.6. The van der Waals surface area contributed by atoms with Crippen molar-refractivity contribution in [3.8, 4) is 0 Å². The maximum atomic E-state index is 11.4. The van der Waals surface area contributed by atoms with Gasteiger partial charge in [0.25, 0.3) is 0 Å². The fourth-order valence-electron chi connectivity index (χ4n) is 1.60. The normalized spacial score (nSPS) is 10.9. The molecule has 0 aliphatic carbocycles. The Kier molecular flexibility index (Phi) is 6.29. The van der Waals surface area contributed by atoms with E-state index >= 15 is 0 Å². The van der Waals surface area contributed by atoms with Gasteiger partial charge in [0.2, 0.25) is 5.91 Å². The third kappa shape index (κ3) is 4.74. The second-order valence-corrected chi connectivity index (χ2v) is 5.58. The summed E-state index contributed by atoms with van der Waals surface area (Å²) in [5.74, 6) is 0.767. The molecule has 1 heterocycles. The van der Waals surface area contributed by atoms with E-state index in [9.17, 15) is 4.79 Å². The zero-order valence-corrected chi connectivity index (χ0v) is 12.5. The first-order chi connectivity index (χ1) is 8.54. The molecule has 5 heteroatoms. The number of aromatic nitrogens is 1. The van der Waals surface area contributed by atoms with E-state index < -0.39 is 0 Å². The van der Waals surface area contributed by atoms with Crippen LogP contribution in [-0.2, 0) is 11.3 Å². The average molecular weight is 269 g/mol. The third-order valence-corrected chi connectivity index (χ3v) is 3.58. The number of hydrogen-bond donors (Lipinski definition) is 1. The van der Waals surface area contributed by atoms with Gasteiger partial charge in [0.15, 0.2) is 5.13 Å². The molecule has 0 saturated heterocycles. The van der Waals surface area contributed by atoms with Crippen molar-refractivity contribution in [3.63, 3.8) is 0 Å². The average Bonchev–Trinajstić information content (AvgIpc) is 2.73. The van der Waals surface area contributed by atoms with E-state index in [4.69, 9.17) is 0 Å². The largest absolute Gasteiger partial charge is 0.311 e. The highest BCUT2D eigenvalue weighted by molar-refractivity contribution is 7.14. The van der Waals surface area contributed by atoms with E-state index in [0.717, 1.165) is 29.8 Å². The minimum Gasteiger partial charge on any atom is -0.311 e. The van der Waals surface area contributed by atoms with Crippen molar-refractivity contribution in [3.05, 3.63) is 11.1 Å². The summed E-state index contributed by atoms with van der Waals surface area (Å²) in [7, 11) is 0. The van der Waals surface area contributed by atoms with E-state index in [0.29, 0.717) is 6.54 Å². The number of nitrogens with zero attached hydrogens (tertiary/aromatic N) is 2. The maximum Gasteiger partial charge on any atom is 0.225 e. The molecule has 0 unspecified atom stereocenters. The Balaban J connectivity index is 2.45. The summed E-state index contributed by atoms with van der Waals surface area (Å²) >= 11 is 1.53. The molecule has 1 aromatic heterocycles. The van der Waals surface area contributed by atoms with Crippen LogP contribution in [-0.4, -0.2) is 24.0 Å². The maximum absolute atomic E-state index is 11.4. The van der Waals surface area contributed by atoms with Gasteiger partial charge in [-0.1, -0.05) is 13.8 Å². The molecule has 102 valence electrons. The smallest absolute Gasteiger partial charge is 0.225 e. The highest BCUT2D eigenvalue weighted by Crippen LogP contribution is 2.20. The van der Waals surface area contributed by atoms with Crippen LogP contribution in [0.4, 0.5) is 5.13 Å². The van der Waals surface area contributed by atoms with Crippen molar-refractivity contribution >= 4 is 22.4 Å². The highest BCUT2D eigenvalue weighted by atomic mass is 32.1. The van der Waals surface area contributed by atoms with Crippen LogP contribution in [0.5, 0.6) is 0 Å². The Morgan fingerprint density at radius 1 is 1.56 bits per heavy atom. The molecule has 0 aliphatic heterocycles. The van der Waals surface area contributed by atoms with E-state index in [1.807, 2.05) is 12.3 Å². The molecule has 0 spiro atoms. The molecule has 0 aromatic carbocycles. The molecule has 1 amide bonds. The zero-order valence-electron chi connectivity index (χ0n) is 11.7. The minimum atomic E-state index is 0.0474. The SMILES string of the molecule is CCN(C(C)=O)c1nc(CNCCC(C)C)cs1. The summed E-state index contributed by atoms with van der Waals surface area (Å²) in [5, 5.41) is 6.19. The lowest BCUT2D eigenvalue weighted by Gasteiger charge is -2.14. The quantitative estimate of drug-likeness (QED) is 0.774. The van der Waals surface area contributed by atoms with E-state index in [1.165, 1.54) is 17.8 Å². The van der Waals surface area contributed by atoms with Crippen LogP contribution in [0.1, 0.15) is 39.8 Å². The summed E-state index contributed by atoms with van der Waals surface area (Å²) in [6.45, 7) is 10.4. The molecule has 0 atom stereocenters. The van der Waals surface area contributed by atoms with Gasteiger partial charge in [-0.25, -0.2) is 4.98 Å². The molecule has 0 fully saturated rings. The number of carbonyl (C=O) groups excluding carboxylic acids is 1. The van der Waals surface area contributed by atoms with Crippen molar-refractivity contribution in [2.75, 3.05) is 18.0 Å². The topological polar surface area (TPSA) is 45.2 Å². The third-order valence-electron chi connectivity index (χ3n) is 2.67. The van der Waals surface area contributed by atoms with Crippen LogP contribution in [0.15, 0.2) is 5.38 Å². The Bertz CT molecular complexity index is 376. The van der Waals surface area contributed by atoms with Gasteiger partial charge < -0.3 is 5.32 Å². The Morgan fingerprint density at radius 2 is 2.28 bits per heavy atom. The number of hydrogen-bond acceptors (Lipinski definition) is 4. The van der Waals surface area contributed by atoms with Crippen molar-refractivity contribution in [2.24, 2.45) is 5.92 Å². The van der Waals surface area contributed by atoms with Crippen molar-refractivity contribution in [2.45, 2.75) is 40.7 Å². The summed E-state index contributed by atoms with van der Waals surface area (Å²) in [5.41, 5.74) is 1.01. The summed E-state index contributed by atoms with van der Waals surface area (Å²) in [6.07, 6.45) is 1.17. The number of amides is 1. The van der Waals surface area contributed by atoms with Gasteiger partial charge in [-0.3, -0.25) is 9.69 Å². The first kappa shape index (κ1) is 15.1. The molecule has 4 nitrogen and oxygen atoms in total. The van der Waals surface area contributed by atoms with E-state index in [2.05, 4.69) is 24.1 Å². The van der Waals surface area contributed by atoms with Crippen molar-refractivity contribution < 1.29 is 4.79 Å². The van der Waals surface area contributed by atoms with Crippen LogP contribution in [0.2, 0.25) is 0 Å². The van der Waals surface area contributed by atoms with Crippen molar-refractivity contribution in [1.82, 2.24) is 10.3 Å². The number of thiazole rings is 1. The molecular weight excluding hydrogens is 246 g/mol. The highest BCUT2D eigenvalue weighted by Gasteiger charge is 2.12. The second-order valence-electron chi connectivity index (χ2n) is 4.74. The lowest BCUT2D eigenvalue weighted by Crippen LogP contribution is -2.27. The molecule has 0 radical (unpaired) electrons. The monoisotopic (exact) mass is 269 g/mol. The molecule has 0 bridgehead atoms. The van der Waals surface area contributed by atoms with Crippen LogP contribution < -0.4 is 10.2 Å². The van der Waals surface area contributed by atoms with Gasteiger partial charge in [0, 0.05) is 25.4 Å². The van der Waals surface area contributed by atoms with Gasteiger partial charge in [-0.2, -0.15) is 0 Å². The van der Waals surface area contributed by atoms with Gasteiger partial charge in [-0.15, -0.1) is 11.3 Å². The molecule has 0 saturated carbocycles. The Morgan fingerprint density at radius 3 is 2.83 bits per heavy atom. The van der Waals surface area contributed by atoms with Gasteiger partial charge >= 0.3 is 0 Å². The molecule has 18 heavy (non-hydrogen) atoms. The van der Waals surface area contributed by atoms with Crippen LogP contribution in [0, 0.1) is 5.92 Å². The Labute approximate surface area is 113 Å². The van der Waals surface area contributed by atoms with Crippen molar-refractivity contribution in [1.29, 1.82) is 0 Å². The predicted molar refractivity (Wildman–Crippen MR) is 77.0 cm³/mol. The summed E-state index contributed by atoms with van der Waals surface area (Å²) < 4.78 is 0. The Hall–Kier alpha value is -0.940. The lowest BCUT2D eigenvalue weighted by atomic mass is 10.1. The van der Waals surface area contributed by atoms with E-state index in [1.54, 1.807) is 11.8 Å². The predicted octanol–water partition coefficient (Wildman–Crippen LogP) is 2.65. The van der Waals surface area contributed by atoms with E-state index in [-0.39, 0.29) is 5.91 Å². The lowest BCUT2D eigenvalue weighted by molar-refractivity contribution is -0.116. The minimum absolute atomic E-state index is 0.0474. The first-order valence-corrected chi connectivity index (χ1v) is 7.35. The van der Waals surface area contributed by atoms with Gasteiger partial charge in [0.05, 0.1) is 5.69 Å². The van der Waals surface area contributed by atoms with Gasteiger partial charge in [0.1, 0.15) is 0 Å². The number of anilines is 1. The van der Waals surface area contributed by atoms with Gasteiger partial charge in [-0.05, 0) is 25.8 Å². The second kappa shape index (κ2) is 7.48. The standard InChI is InChI=1S/C13H23N3OS/c1-5-16(11(4)17)13-15-12(9-18-13)8-14-7-6-10(2)3/h9-10,14H,5-8H2,1-4H3. The molecular formula is C13H23N3OS. The number of carbonyl (C=O) groups is 1. The molecule has 1 aromatic rings. The van der Waals surface area contributed by atoms with Crippen LogP contribution in [0.25, 0.3) is 0 Å². The summed E-state index contributed by atoms with van der Waals surface area (Å²) in [6, 6.07) is 0. The number of nitrogens with one attached hydrogen (secondary N) is 1. The fraction of sp³-hybridized carbons (Fsp3) is 0.692. The molecule has 0 aliphatic rings.